The fraction of sp³-hybridized carbons (Fsp3) is 0.467. The molecule has 0 spiro atoms. The van der Waals surface area contributed by atoms with Gasteiger partial charge < -0.3 is 14.6 Å². The summed E-state index contributed by atoms with van der Waals surface area (Å²) in [6.45, 7) is 4.98. The van der Waals surface area contributed by atoms with Crippen LogP contribution in [0.2, 0.25) is 0 Å². The highest BCUT2D eigenvalue weighted by atomic mass is 16.6. The molecule has 0 heterocycles. The van der Waals surface area contributed by atoms with E-state index in [4.69, 9.17) is 9.47 Å². The number of hydrogen-bond acceptors (Lipinski definition) is 5. The van der Waals surface area contributed by atoms with Crippen LogP contribution in [-0.4, -0.2) is 35.7 Å². The molecule has 0 bridgehead atoms. The molecule has 0 aliphatic rings. The van der Waals surface area contributed by atoms with E-state index in [-0.39, 0.29) is 31.4 Å². The zero-order chi connectivity index (χ0) is 15.2. The van der Waals surface area contributed by atoms with Gasteiger partial charge in [0.1, 0.15) is 19.0 Å². The van der Waals surface area contributed by atoms with Crippen LogP contribution in [0.15, 0.2) is 24.3 Å². The van der Waals surface area contributed by atoms with E-state index >= 15 is 0 Å². The molecule has 5 nitrogen and oxygen atoms in total. The Morgan fingerprint density at radius 2 is 1.75 bits per heavy atom. The number of ether oxygens (including phenoxy) is 2. The SMILES string of the molecule is CC(=O)OCCOc1ccc(C(=O)CC(C)(C)O)cc1. The third kappa shape index (κ3) is 6.33. The van der Waals surface area contributed by atoms with Crippen LogP contribution in [0.25, 0.3) is 0 Å². The number of esters is 1. The fourth-order valence-corrected chi connectivity index (χ4v) is 1.58. The topological polar surface area (TPSA) is 72.8 Å². The van der Waals surface area contributed by atoms with Crippen molar-refractivity contribution in [3.05, 3.63) is 29.8 Å². The lowest BCUT2D eigenvalue weighted by Crippen LogP contribution is -2.23. The smallest absolute Gasteiger partial charge is 0.302 e. The standard InChI is InChI=1S/C15H20O5/c1-11(16)19-8-9-20-13-6-4-12(5-7-13)14(17)10-15(2,3)18/h4-7,18H,8-10H2,1-3H3. The number of carbonyl (C=O) groups is 2. The van der Waals surface area contributed by atoms with Gasteiger partial charge in [-0.15, -0.1) is 0 Å². The molecule has 1 rings (SSSR count). The Kier molecular flexibility index (Phi) is 5.70. The molecule has 0 saturated heterocycles. The Balaban J connectivity index is 2.48. The number of benzene rings is 1. The van der Waals surface area contributed by atoms with Crippen molar-refractivity contribution in [1.82, 2.24) is 0 Å². The summed E-state index contributed by atoms with van der Waals surface area (Å²) in [7, 11) is 0. The first-order chi connectivity index (χ1) is 9.28. The van der Waals surface area contributed by atoms with Gasteiger partial charge in [-0.05, 0) is 38.1 Å². The summed E-state index contributed by atoms with van der Waals surface area (Å²) in [5, 5.41) is 9.61. The molecule has 20 heavy (non-hydrogen) atoms. The predicted octanol–water partition coefficient (Wildman–Crippen LogP) is 1.97. The zero-order valence-corrected chi connectivity index (χ0v) is 12.0. The second-order valence-electron chi connectivity index (χ2n) is 5.13. The number of ketones is 1. The van der Waals surface area contributed by atoms with Crippen LogP contribution in [0.4, 0.5) is 0 Å². The predicted molar refractivity (Wildman–Crippen MR) is 73.8 cm³/mol. The summed E-state index contributed by atoms with van der Waals surface area (Å²) in [5.41, 5.74) is -0.490. The van der Waals surface area contributed by atoms with Crippen LogP contribution in [-0.2, 0) is 9.53 Å². The van der Waals surface area contributed by atoms with Crippen LogP contribution in [0, 0.1) is 0 Å². The van der Waals surface area contributed by atoms with Gasteiger partial charge in [-0.25, -0.2) is 0 Å². The Hall–Kier alpha value is -1.88. The van der Waals surface area contributed by atoms with Crippen molar-refractivity contribution in [2.24, 2.45) is 0 Å². The van der Waals surface area contributed by atoms with Gasteiger partial charge in [0.25, 0.3) is 0 Å². The minimum atomic E-state index is -1.02. The lowest BCUT2D eigenvalue weighted by molar-refractivity contribution is -0.141. The summed E-state index contributed by atoms with van der Waals surface area (Å²) in [4.78, 5) is 22.4. The van der Waals surface area contributed by atoms with Gasteiger partial charge in [-0.3, -0.25) is 9.59 Å². The van der Waals surface area contributed by atoms with Crippen LogP contribution < -0.4 is 4.74 Å². The number of hydrogen-bond donors (Lipinski definition) is 1. The lowest BCUT2D eigenvalue weighted by atomic mass is 9.98. The zero-order valence-electron chi connectivity index (χ0n) is 12.0. The summed E-state index contributed by atoms with van der Waals surface area (Å²) >= 11 is 0. The summed E-state index contributed by atoms with van der Waals surface area (Å²) in [6.07, 6.45) is 0.0691. The highest BCUT2D eigenvalue weighted by molar-refractivity contribution is 5.96. The molecule has 1 aromatic carbocycles. The van der Waals surface area contributed by atoms with Gasteiger partial charge in [0.05, 0.1) is 5.60 Å². The van der Waals surface area contributed by atoms with Crippen molar-refractivity contribution in [3.63, 3.8) is 0 Å². The Morgan fingerprint density at radius 1 is 1.15 bits per heavy atom. The average molecular weight is 280 g/mol. The first-order valence-corrected chi connectivity index (χ1v) is 6.40. The highest BCUT2D eigenvalue weighted by Gasteiger charge is 2.19. The minimum absolute atomic E-state index is 0.0691. The number of rotatable bonds is 7. The second kappa shape index (κ2) is 7.05. The molecule has 0 atom stereocenters. The van der Waals surface area contributed by atoms with Gasteiger partial charge in [-0.1, -0.05) is 0 Å². The molecule has 0 aliphatic heterocycles. The molecule has 0 aromatic heterocycles. The quantitative estimate of drug-likeness (QED) is 0.469. The summed E-state index contributed by atoms with van der Waals surface area (Å²) in [6, 6.07) is 6.64. The van der Waals surface area contributed by atoms with E-state index in [9.17, 15) is 14.7 Å². The second-order valence-corrected chi connectivity index (χ2v) is 5.13. The van der Waals surface area contributed by atoms with Crippen molar-refractivity contribution in [2.45, 2.75) is 32.8 Å². The van der Waals surface area contributed by atoms with E-state index in [0.717, 1.165) is 0 Å². The molecule has 0 amide bonds. The van der Waals surface area contributed by atoms with E-state index in [1.165, 1.54) is 6.92 Å². The molecular formula is C15H20O5. The van der Waals surface area contributed by atoms with E-state index < -0.39 is 5.60 Å². The van der Waals surface area contributed by atoms with Crippen LogP contribution in [0.1, 0.15) is 37.6 Å². The highest BCUT2D eigenvalue weighted by Crippen LogP contribution is 2.17. The lowest BCUT2D eigenvalue weighted by Gasteiger charge is -2.15. The average Bonchev–Trinajstić information content (AvgIpc) is 2.33. The number of aliphatic hydroxyl groups is 1. The summed E-state index contributed by atoms with van der Waals surface area (Å²) < 4.78 is 10.1. The van der Waals surface area contributed by atoms with Gasteiger partial charge >= 0.3 is 5.97 Å². The maximum Gasteiger partial charge on any atom is 0.302 e. The molecule has 0 unspecified atom stereocenters. The molecule has 110 valence electrons. The molecule has 5 heteroatoms. The van der Waals surface area contributed by atoms with Crippen molar-refractivity contribution in [1.29, 1.82) is 0 Å². The molecule has 1 N–H and O–H groups in total. The van der Waals surface area contributed by atoms with Crippen molar-refractivity contribution >= 4 is 11.8 Å². The molecule has 1 aromatic rings. The Bertz CT molecular complexity index is 456. The Morgan fingerprint density at radius 3 is 2.25 bits per heavy atom. The fourth-order valence-electron chi connectivity index (χ4n) is 1.58. The van der Waals surface area contributed by atoms with E-state index in [1.807, 2.05) is 0 Å². The molecule has 0 fully saturated rings. The van der Waals surface area contributed by atoms with Crippen molar-refractivity contribution in [2.75, 3.05) is 13.2 Å². The molecular weight excluding hydrogens is 260 g/mol. The number of carbonyl (C=O) groups excluding carboxylic acids is 2. The summed E-state index contributed by atoms with van der Waals surface area (Å²) in [5.74, 6) is 0.127. The molecule has 0 saturated carbocycles. The first-order valence-electron chi connectivity index (χ1n) is 6.40. The first kappa shape index (κ1) is 16.2. The van der Waals surface area contributed by atoms with Gasteiger partial charge in [0.15, 0.2) is 5.78 Å². The molecule has 0 aliphatic carbocycles. The normalized spacial score (nSPS) is 11.0. The van der Waals surface area contributed by atoms with Crippen LogP contribution in [0.5, 0.6) is 5.75 Å². The van der Waals surface area contributed by atoms with E-state index in [0.29, 0.717) is 11.3 Å². The number of Topliss-reactive ketones (excluding diaryl/α,β-unsaturated/α-hetero) is 1. The van der Waals surface area contributed by atoms with Crippen LogP contribution >= 0.6 is 0 Å². The minimum Gasteiger partial charge on any atom is -0.490 e. The van der Waals surface area contributed by atoms with Gasteiger partial charge in [0.2, 0.25) is 0 Å². The van der Waals surface area contributed by atoms with Crippen LogP contribution in [0.3, 0.4) is 0 Å². The molecule has 0 radical (unpaired) electrons. The van der Waals surface area contributed by atoms with Crippen molar-refractivity contribution < 1.29 is 24.2 Å². The van der Waals surface area contributed by atoms with Gasteiger partial charge in [-0.2, -0.15) is 0 Å². The monoisotopic (exact) mass is 280 g/mol. The third-order valence-electron chi connectivity index (χ3n) is 2.43. The maximum absolute atomic E-state index is 11.8. The third-order valence-corrected chi connectivity index (χ3v) is 2.43. The van der Waals surface area contributed by atoms with Crippen molar-refractivity contribution in [3.8, 4) is 5.75 Å². The van der Waals surface area contributed by atoms with E-state index in [1.54, 1.807) is 38.1 Å². The maximum atomic E-state index is 11.8. The van der Waals surface area contributed by atoms with Gasteiger partial charge in [0, 0.05) is 18.9 Å². The largest absolute Gasteiger partial charge is 0.490 e. The van der Waals surface area contributed by atoms with E-state index in [2.05, 4.69) is 0 Å². The Labute approximate surface area is 118 Å².